The molecule has 1 aliphatic rings. The molecule has 4 nitrogen and oxygen atoms in total. The Morgan fingerprint density at radius 3 is 2.62 bits per heavy atom. The lowest BCUT2D eigenvalue weighted by molar-refractivity contribution is 0.214. The molecule has 5 heteroatoms. The Morgan fingerprint density at radius 1 is 1.41 bits per heavy atom. The third kappa shape index (κ3) is 8.09. The van der Waals surface area contributed by atoms with E-state index in [2.05, 4.69) is 76.2 Å². The fraction of sp³-hybridized carbons (Fsp3) is 0.593. The summed E-state index contributed by atoms with van der Waals surface area (Å²) in [5, 5.41) is 4.17. The lowest BCUT2D eigenvalue weighted by Gasteiger charge is -2.33. The number of nitrogens with one attached hydrogen (secondary N) is 1. The molecular weight excluding hydrogens is 412 g/mol. The van der Waals surface area contributed by atoms with E-state index in [1.165, 1.54) is 11.1 Å². The predicted octanol–water partition coefficient (Wildman–Crippen LogP) is 6.47. The molecule has 0 aromatic rings. The standard InChI is InChI=1S/C27H46N4S/c1-10-12-21(5)13-14-24-22(6)17-27(8,18-28)23(7)16-25(24)30-26(32-19-29-9)31(15-11-2)20(3)4/h11,13-14,16,22-23,29H,2-3,10,12,15,17-19,28H2,1,4-9H3/b21-13+,24-14+,30-26+. The molecule has 0 bridgehead atoms. The number of rotatable bonds is 10. The van der Waals surface area contributed by atoms with Crippen LogP contribution >= 0.6 is 11.8 Å². The molecule has 0 saturated heterocycles. The zero-order valence-corrected chi connectivity index (χ0v) is 22.3. The average molecular weight is 459 g/mol. The number of amidine groups is 1. The van der Waals surface area contributed by atoms with Gasteiger partial charge in [0.25, 0.3) is 0 Å². The fourth-order valence-corrected chi connectivity index (χ4v) is 4.87. The smallest absolute Gasteiger partial charge is 0.170 e. The van der Waals surface area contributed by atoms with Gasteiger partial charge < -0.3 is 16.0 Å². The first-order valence-corrected chi connectivity index (χ1v) is 12.8. The van der Waals surface area contributed by atoms with Gasteiger partial charge in [-0.05, 0) is 63.1 Å². The average Bonchev–Trinajstić information content (AvgIpc) is 2.82. The Morgan fingerprint density at radius 2 is 2.09 bits per heavy atom. The molecule has 180 valence electrons. The molecule has 0 aliphatic heterocycles. The highest BCUT2D eigenvalue weighted by atomic mass is 32.2. The summed E-state index contributed by atoms with van der Waals surface area (Å²) >= 11 is 1.69. The van der Waals surface area contributed by atoms with Gasteiger partial charge in [0.05, 0.1) is 5.70 Å². The SMILES string of the molecule is C=CCN(C(=C)C)/C(=N\C1=CC(C)C(C)(CN)CC(C)/C1=C\C=C(/C)CCC)SCNC. The highest BCUT2D eigenvalue weighted by Crippen LogP contribution is 2.43. The zero-order chi connectivity index (χ0) is 24.3. The van der Waals surface area contributed by atoms with Crippen LogP contribution in [0, 0.1) is 17.3 Å². The van der Waals surface area contributed by atoms with Gasteiger partial charge in [-0.3, -0.25) is 0 Å². The second kappa shape index (κ2) is 13.9. The van der Waals surface area contributed by atoms with Crippen LogP contribution < -0.4 is 11.1 Å². The van der Waals surface area contributed by atoms with E-state index >= 15 is 0 Å². The summed E-state index contributed by atoms with van der Waals surface area (Å²) in [6, 6.07) is 0. The minimum atomic E-state index is 0.0470. The van der Waals surface area contributed by atoms with Gasteiger partial charge in [-0.1, -0.05) is 82.3 Å². The maximum atomic E-state index is 6.27. The normalized spacial score (nSPS) is 26.0. The third-order valence-electron chi connectivity index (χ3n) is 6.33. The van der Waals surface area contributed by atoms with Crippen molar-refractivity contribution >= 4 is 16.9 Å². The van der Waals surface area contributed by atoms with Crippen LogP contribution in [-0.2, 0) is 0 Å². The summed E-state index contributed by atoms with van der Waals surface area (Å²) in [5.41, 5.74) is 11.0. The van der Waals surface area contributed by atoms with Crippen LogP contribution in [0.4, 0.5) is 0 Å². The van der Waals surface area contributed by atoms with Gasteiger partial charge in [-0.15, -0.1) is 6.58 Å². The van der Waals surface area contributed by atoms with E-state index in [0.29, 0.717) is 24.9 Å². The molecule has 0 radical (unpaired) electrons. The molecule has 3 N–H and O–H groups in total. The first-order valence-electron chi connectivity index (χ1n) is 11.8. The van der Waals surface area contributed by atoms with Crippen LogP contribution in [0.2, 0.25) is 0 Å². The van der Waals surface area contributed by atoms with Crippen LogP contribution in [-0.4, -0.2) is 36.1 Å². The van der Waals surface area contributed by atoms with Crippen molar-refractivity contribution in [2.75, 3.05) is 26.0 Å². The van der Waals surface area contributed by atoms with Crippen molar-refractivity contribution in [2.24, 2.45) is 28.0 Å². The van der Waals surface area contributed by atoms with E-state index in [4.69, 9.17) is 10.7 Å². The number of allylic oxidation sites excluding steroid dienone is 6. The highest BCUT2D eigenvalue weighted by Gasteiger charge is 2.35. The predicted molar refractivity (Wildman–Crippen MR) is 146 cm³/mol. The van der Waals surface area contributed by atoms with Crippen molar-refractivity contribution in [1.82, 2.24) is 10.2 Å². The van der Waals surface area contributed by atoms with Crippen LogP contribution in [0.25, 0.3) is 0 Å². The van der Waals surface area contributed by atoms with Crippen molar-refractivity contribution in [3.8, 4) is 0 Å². The number of nitrogens with zero attached hydrogens (tertiary/aromatic N) is 2. The van der Waals surface area contributed by atoms with Crippen LogP contribution in [0.1, 0.15) is 60.8 Å². The van der Waals surface area contributed by atoms with Gasteiger partial charge in [0, 0.05) is 18.1 Å². The molecule has 3 unspecified atom stereocenters. The summed E-state index contributed by atoms with van der Waals surface area (Å²) < 4.78 is 0. The molecular formula is C27H46N4S. The maximum Gasteiger partial charge on any atom is 0.170 e. The first kappa shape index (κ1) is 28.5. The number of hydrogen-bond acceptors (Lipinski definition) is 4. The van der Waals surface area contributed by atoms with Gasteiger partial charge in [-0.2, -0.15) is 0 Å². The summed E-state index contributed by atoms with van der Waals surface area (Å²) in [7, 11) is 1.96. The fourth-order valence-electron chi connectivity index (χ4n) is 4.05. The van der Waals surface area contributed by atoms with Crippen LogP contribution in [0.3, 0.4) is 0 Å². The molecule has 1 rings (SSSR count). The third-order valence-corrected chi connectivity index (χ3v) is 7.33. The van der Waals surface area contributed by atoms with Crippen LogP contribution in [0.5, 0.6) is 0 Å². The van der Waals surface area contributed by atoms with Crippen molar-refractivity contribution in [1.29, 1.82) is 0 Å². The minimum absolute atomic E-state index is 0.0470. The van der Waals surface area contributed by atoms with Gasteiger partial charge in [0.1, 0.15) is 0 Å². The molecule has 32 heavy (non-hydrogen) atoms. The van der Waals surface area contributed by atoms with Crippen molar-refractivity contribution in [3.63, 3.8) is 0 Å². The van der Waals surface area contributed by atoms with E-state index < -0.39 is 0 Å². The van der Waals surface area contributed by atoms with Crippen molar-refractivity contribution < 1.29 is 0 Å². The lowest BCUT2D eigenvalue weighted by atomic mass is 9.73. The quantitative estimate of drug-likeness (QED) is 0.170. The molecule has 0 aromatic heterocycles. The van der Waals surface area contributed by atoms with E-state index in [-0.39, 0.29) is 5.41 Å². The number of aliphatic imine (C=N–C) groups is 1. The molecule has 0 spiro atoms. The van der Waals surface area contributed by atoms with E-state index in [1.807, 2.05) is 20.0 Å². The van der Waals surface area contributed by atoms with Gasteiger partial charge >= 0.3 is 0 Å². The highest BCUT2D eigenvalue weighted by molar-refractivity contribution is 8.13. The lowest BCUT2D eigenvalue weighted by Crippen LogP contribution is -2.34. The summed E-state index contributed by atoms with van der Waals surface area (Å²) in [6.07, 6.45) is 12.1. The summed E-state index contributed by atoms with van der Waals surface area (Å²) in [6.45, 7) is 22.8. The van der Waals surface area contributed by atoms with E-state index in [0.717, 1.165) is 41.7 Å². The van der Waals surface area contributed by atoms with Crippen molar-refractivity contribution in [2.45, 2.75) is 60.8 Å². The second-order valence-electron chi connectivity index (χ2n) is 9.36. The molecule has 3 atom stereocenters. The number of thioether (sulfide) groups is 1. The zero-order valence-electron chi connectivity index (χ0n) is 21.5. The van der Waals surface area contributed by atoms with E-state index in [1.54, 1.807) is 11.8 Å². The molecule has 0 aromatic carbocycles. The van der Waals surface area contributed by atoms with Crippen LogP contribution in [0.15, 0.2) is 65.0 Å². The topological polar surface area (TPSA) is 53.6 Å². The van der Waals surface area contributed by atoms with Gasteiger partial charge in [0.15, 0.2) is 5.17 Å². The largest absolute Gasteiger partial charge is 0.330 e. The Balaban J connectivity index is 3.67. The molecule has 1 aliphatic carbocycles. The molecule has 0 heterocycles. The summed E-state index contributed by atoms with van der Waals surface area (Å²) in [4.78, 5) is 7.39. The van der Waals surface area contributed by atoms with E-state index in [9.17, 15) is 0 Å². The summed E-state index contributed by atoms with van der Waals surface area (Å²) in [5.74, 6) is 1.46. The molecule has 0 amide bonds. The Labute approximate surface area is 201 Å². The monoisotopic (exact) mass is 458 g/mol. The second-order valence-corrected chi connectivity index (χ2v) is 10.3. The molecule has 0 saturated carbocycles. The number of hydrogen-bond donors (Lipinski definition) is 2. The first-order chi connectivity index (χ1) is 15.1. The Kier molecular flexibility index (Phi) is 12.3. The maximum absolute atomic E-state index is 6.27. The van der Waals surface area contributed by atoms with Gasteiger partial charge in [0.2, 0.25) is 0 Å². The molecule has 0 fully saturated rings. The van der Waals surface area contributed by atoms with Gasteiger partial charge in [-0.25, -0.2) is 4.99 Å². The Bertz CT molecular complexity index is 762. The van der Waals surface area contributed by atoms with Crippen molar-refractivity contribution in [3.05, 3.63) is 60.0 Å². The minimum Gasteiger partial charge on any atom is -0.330 e. The Hall–Kier alpha value is -1.56. The number of nitrogens with two attached hydrogens (primary N) is 1.